The van der Waals surface area contributed by atoms with E-state index < -0.39 is 9.84 Å². The molecule has 0 saturated carbocycles. The van der Waals surface area contributed by atoms with Crippen LogP contribution in [-0.2, 0) is 9.84 Å². The second-order valence-electron chi connectivity index (χ2n) is 6.09. The molecule has 1 atom stereocenters. The number of amides is 1. The fourth-order valence-corrected chi connectivity index (χ4v) is 4.78. The Morgan fingerprint density at radius 1 is 1.08 bits per heavy atom. The number of rotatable bonds is 5. The van der Waals surface area contributed by atoms with Crippen molar-refractivity contribution in [2.75, 3.05) is 18.1 Å². The third-order valence-electron chi connectivity index (χ3n) is 4.33. The topological polar surface area (TPSA) is 63.7 Å². The number of hydrogen-bond acceptors (Lipinski definition) is 4. The van der Waals surface area contributed by atoms with Crippen LogP contribution in [0.2, 0.25) is 0 Å². The molecule has 2 aromatic carbocycles. The van der Waals surface area contributed by atoms with Crippen molar-refractivity contribution in [3.05, 3.63) is 60.2 Å². The summed E-state index contributed by atoms with van der Waals surface area (Å²) in [7, 11) is -3.02. The number of para-hydroxylation sites is 1. The van der Waals surface area contributed by atoms with E-state index in [4.69, 9.17) is 4.74 Å². The van der Waals surface area contributed by atoms with Gasteiger partial charge in [0.2, 0.25) is 0 Å². The number of carbonyl (C=O) groups excluding carboxylic acids is 1. The number of nitrogens with zero attached hydrogens (tertiary/aromatic N) is 1. The summed E-state index contributed by atoms with van der Waals surface area (Å²) >= 11 is 0. The average molecular weight is 359 g/mol. The fraction of sp³-hybridized carbons (Fsp3) is 0.316. The molecule has 0 bridgehead atoms. The van der Waals surface area contributed by atoms with Gasteiger partial charge >= 0.3 is 0 Å². The highest BCUT2D eigenvalue weighted by molar-refractivity contribution is 7.91. The second kappa shape index (κ2) is 7.27. The molecule has 3 rings (SSSR count). The zero-order valence-electron chi connectivity index (χ0n) is 14.1. The minimum Gasteiger partial charge on any atom is -0.457 e. The standard InChI is InChI=1S/C19H21NO4S/c1-2-20(16-12-13-25(22,23)14-16)19(21)15-8-10-18(11-9-15)24-17-6-4-3-5-7-17/h3-11,16H,2,12-14H2,1H3/t16-/m0/s1. The molecule has 2 aromatic rings. The van der Waals surface area contributed by atoms with Crippen LogP contribution < -0.4 is 4.74 Å². The van der Waals surface area contributed by atoms with Crippen molar-refractivity contribution in [2.24, 2.45) is 0 Å². The highest BCUT2D eigenvalue weighted by Crippen LogP contribution is 2.23. The van der Waals surface area contributed by atoms with Gasteiger partial charge < -0.3 is 9.64 Å². The number of hydrogen-bond donors (Lipinski definition) is 0. The first kappa shape index (κ1) is 17.5. The summed E-state index contributed by atoms with van der Waals surface area (Å²) in [5, 5.41) is 0. The van der Waals surface area contributed by atoms with Gasteiger partial charge in [-0.1, -0.05) is 18.2 Å². The zero-order valence-corrected chi connectivity index (χ0v) is 14.9. The van der Waals surface area contributed by atoms with Crippen molar-refractivity contribution >= 4 is 15.7 Å². The summed E-state index contributed by atoms with van der Waals surface area (Å²) in [4.78, 5) is 14.4. The maximum absolute atomic E-state index is 12.7. The normalized spacial score (nSPS) is 18.7. The van der Waals surface area contributed by atoms with E-state index in [0.717, 1.165) is 5.75 Å². The molecule has 1 fully saturated rings. The second-order valence-corrected chi connectivity index (χ2v) is 8.32. The largest absolute Gasteiger partial charge is 0.457 e. The van der Waals surface area contributed by atoms with Gasteiger partial charge in [-0.15, -0.1) is 0 Å². The Hall–Kier alpha value is -2.34. The summed E-state index contributed by atoms with van der Waals surface area (Å²) < 4.78 is 29.1. The molecule has 1 amide bonds. The van der Waals surface area contributed by atoms with E-state index in [1.54, 1.807) is 29.2 Å². The average Bonchev–Trinajstić information content (AvgIpc) is 2.97. The Balaban J connectivity index is 1.71. The first-order valence-corrected chi connectivity index (χ1v) is 10.1. The highest BCUT2D eigenvalue weighted by atomic mass is 32.2. The molecule has 0 unspecified atom stereocenters. The van der Waals surface area contributed by atoms with Crippen molar-refractivity contribution in [1.29, 1.82) is 0 Å². The zero-order chi connectivity index (χ0) is 17.9. The van der Waals surface area contributed by atoms with Crippen LogP contribution >= 0.6 is 0 Å². The van der Waals surface area contributed by atoms with Crippen LogP contribution in [0.4, 0.5) is 0 Å². The summed E-state index contributed by atoms with van der Waals surface area (Å²) in [6.45, 7) is 2.36. The highest BCUT2D eigenvalue weighted by Gasteiger charge is 2.34. The van der Waals surface area contributed by atoms with Crippen molar-refractivity contribution in [2.45, 2.75) is 19.4 Å². The van der Waals surface area contributed by atoms with Crippen LogP contribution in [-0.4, -0.2) is 43.3 Å². The predicted octanol–water partition coefficient (Wildman–Crippen LogP) is 3.13. The molecular weight excluding hydrogens is 338 g/mol. The number of ether oxygens (including phenoxy) is 1. The third kappa shape index (κ3) is 4.20. The van der Waals surface area contributed by atoms with E-state index >= 15 is 0 Å². The lowest BCUT2D eigenvalue weighted by Crippen LogP contribution is -2.40. The Morgan fingerprint density at radius 2 is 1.72 bits per heavy atom. The van der Waals surface area contributed by atoms with E-state index in [1.807, 2.05) is 37.3 Å². The van der Waals surface area contributed by atoms with Crippen LogP contribution in [0.3, 0.4) is 0 Å². The van der Waals surface area contributed by atoms with Gasteiger partial charge in [0, 0.05) is 18.2 Å². The van der Waals surface area contributed by atoms with Gasteiger partial charge in [0.05, 0.1) is 11.5 Å². The van der Waals surface area contributed by atoms with Gasteiger partial charge in [-0.25, -0.2) is 8.42 Å². The third-order valence-corrected chi connectivity index (χ3v) is 6.08. The van der Waals surface area contributed by atoms with Crippen LogP contribution in [0.5, 0.6) is 11.5 Å². The van der Waals surface area contributed by atoms with E-state index in [0.29, 0.717) is 24.3 Å². The molecule has 1 aliphatic rings. The van der Waals surface area contributed by atoms with Crippen LogP contribution in [0.1, 0.15) is 23.7 Å². The van der Waals surface area contributed by atoms with E-state index in [-0.39, 0.29) is 23.5 Å². The van der Waals surface area contributed by atoms with Crippen molar-refractivity contribution < 1.29 is 17.9 Å². The molecule has 0 N–H and O–H groups in total. The van der Waals surface area contributed by atoms with Crippen LogP contribution in [0, 0.1) is 0 Å². The Kier molecular flexibility index (Phi) is 5.08. The van der Waals surface area contributed by atoms with Gasteiger partial charge in [-0.3, -0.25) is 4.79 Å². The lowest BCUT2D eigenvalue weighted by molar-refractivity contribution is 0.0708. The summed E-state index contributed by atoms with van der Waals surface area (Å²) in [5.74, 6) is 1.45. The minimum atomic E-state index is -3.02. The Labute approximate surface area is 148 Å². The SMILES string of the molecule is CCN(C(=O)c1ccc(Oc2ccccc2)cc1)[C@H]1CCS(=O)(=O)C1. The summed E-state index contributed by atoms with van der Waals surface area (Å²) in [5.41, 5.74) is 0.534. The number of sulfone groups is 1. The molecule has 1 heterocycles. The smallest absolute Gasteiger partial charge is 0.254 e. The van der Waals surface area contributed by atoms with Crippen LogP contribution in [0.25, 0.3) is 0 Å². The molecule has 0 aliphatic carbocycles. The first-order chi connectivity index (χ1) is 12.0. The molecule has 0 radical (unpaired) electrons. The monoisotopic (exact) mass is 359 g/mol. The molecule has 1 aliphatic heterocycles. The molecule has 0 aromatic heterocycles. The van der Waals surface area contributed by atoms with Gasteiger partial charge in [0.25, 0.3) is 5.91 Å². The first-order valence-electron chi connectivity index (χ1n) is 8.33. The van der Waals surface area contributed by atoms with E-state index in [2.05, 4.69) is 0 Å². The quantitative estimate of drug-likeness (QED) is 0.823. The fourth-order valence-electron chi connectivity index (χ4n) is 3.04. The number of carbonyl (C=O) groups is 1. The minimum absolute atomic E-state index is 0.0573. The van der Waals surface area contributed by atoms with Gasteiger partial charge in [-0.05, 0) is 49.7 Å². The summed E-state index contributed by atoms with van der Waals surface area (Å²) in [6.07, 6.45) is 0.511. The van der Waals surface area contributed by atoms with Crippen LogP contribution in [0.15, 0.2) is 54.6 Å². The molecule has 25 heavy (non-hydrogen) atoms. The van der Waals surface area contributed by atoms with Gasteiger partial charge in [-0.2, -0.15) is 0 Å². The van der Waals surface area contributed by atoms with Gasteiger partial charge in [0.15, 0.2) is 9.84 Å². The molecule has 132 valence electrons. The molecule has 0 spiro atoms. The van der Waals surface area contributed by atoms with Crippen molar-refractivity contribution in [3.8, 4) is 11.5 Å². The van der Waals surface area contributed by atoms with Gasteiger partial charge in [0.1, 0.15) is 11.5 Å². The van der Waals surface area contributed by atoms with Crippen molar-refractivity contribution in [1.82, 2.24) is 4.90 Å². The molecular formula is C19H21NO4S. The van der Waals surface area contributed by atoms with E-state index in [9.17, 15) is 13.2 Å². The number of benzene rings is 2. The Bertz CT molecular complexity index is 831. The molecule has 6 heteroatoms. The maximum Gasteiger partial charge on any atom is 0.254 e. The lowest BCUT2D eigenvalue weighted by atomic mass is 10.1. The summed E-state index contributed by atoms with van der Waals surface area (Å²) in [6, 6.07) is 16.1. The molecule has 5 nitrogen and oxygen atoms in total. The lowest BCUT2D eigenvalue weighted by Gasteiger charge is -2.27. The Morgan fingerprint density at radius 3 is 2.28 bits per heavy atom. The predicted molar refractivity (Wildman–Crippen MR) is 96.7 cm³/mol. The van der Waals surface area contributed by atoms with Crippen molar-refractivity contribution in [3.63, 3.8) is 0 Å². The maximum atomic E-state index is 12.7. The van der Waals surface area contributed by atoms with E-state index in [1.165, 1.54) is 0 Å². The molecule has 1 saturated heterocycles.